The number of carbonyl (C=O) groups excluding carboxylic acids is 1. The van der Waals surface area contributed by atoms with Gasteiger partial charge in [0.15, 0.2) is 5.82 Å². The monoisotopic (exact) mass is 316 g/mol. The number of rotatable bonds is 4. The molecule has 0 atom stereocenters. The average molecular weight is 316 g/mol. The quantitative estimate of drug-likeness (QED) is 0.836. The molecule has 1 saturated heterocycles. The Morgan fingerprint density at radius 3 is 2.65 bits per heavy atom. The van der Waals surface area contributed by atoms with Crippen LogP contribution in [0.2, 0.25) is 0 Å². The molecule has 1 aliphatic rings. The van der Waals surface area contributed by atoms with Crippen molar-refractivity contribution in [2.45, 2.75) is 32.2 Å². The summed E-state index contributed by atoms with van der Waals surface area (Å²) in [5.41, 5.74) is 0.516. The van der Waals surface area contributed by atoms with E-state index in [1.165, 1.54) is 6.33 Å². The molecule has 3 heterocycles. The molecule has 0 unspecified atom stereocenters. The fourth-order valence-electron chi connectivity index (χ4n) is 2.74. The predicted octanol–water partition coefficient (Wildman–Crippen LogP) is 1.16. The van der Waals surface area contributed by atoms with Crippen LogP contribution in [0.3, 0.4) is 0 Å². The van der Waals surface area contributed by atoms with Gasteiger partial charge in [0.2, 0.25) is 0 Å². The molecule has 23 heavy (non-hydrogen) atoms. The third-order valence-corrected chi connectivity index (χ3v) is 4.18. The highest BCUT2D eigenvalue weighted by atomic mass is 16.5. The number of amides is 1. The minimum atomic E-state index is -0.0462. The van der Waals surface area contributed by atoms with Gasteiger partial charge in [-0.1, -0.05) is 12.1 Å². The highest BCUT2D eigenvalue weighted by Gasteiger charge is 2.28. The van der Waals surface area contributed by atoms with Crippen molar-refractivity contribution in [3.8, 4) is 0 Å². The van der Waals surface area contributed by atoms with Crippen molar-refractivity contribution in [2.75, 3.05) is 25.0 Å². The van der Waals surface area contributed by atoms with Crippen LogP contribution in [-0.2, 0) is 6.42 Å². The number of carbonyl (C=O) groups is 1. The number of piperidine rings is 1. The zero-order chi connectivity index (χ0) is 16.2. The van der Waals surface area contributed by atoms with Crippen molar-refractivity contribution in [1.29, 1.82) is 0 Å². The molecular formula is C15H20N6O2. The third-order valence-electron chi connectivity index (χ3n) is 4.18. The van der Waals surface area contributed by atoms with Crippen LogP contribution in [0, 0.1) is 0 Å². The Hall–Kier alpha value is -2.51. The Kier molecular flexibility index (Phi) is 4.50. The lowest BCUT2D eigenvalue weighted by Gasteiger charge is -2.35. The van der Waals surface area contributed by atoms with Gasteiger partial charge in [-0.15, -0.1) is 0 Å². The molecule has 1 aliphatic heterocycles. The summed E-state index contributed by atoms with van der Waals surface area (Å²) in [6.45, 7) is 3.58. The number of aryl methyl sites for hydroxylation is 1. The van der Waals surface area contributed by atoms with Crippen LogP contribution in [0.15, 0.2) is 23.2 Å². The first-order valence-electron chi connectivity index (χ1n) is 7.78. The molecule has 3 rings (SSSR count). The Balaban J connectivity index is 1.59. The lowest BCUT2D eigenvalue weighted by molar-refractivity contribution is 0.0707. The molecule has 1 amide bonds. The number of nitrogens with zero attached hydrogens (tertiary/aromatic N) is 6. The number of hydrogen-bond donors (Lipinski definition) is 0. The van der Waals surface area contributed by atoms with E-state index in [9.17, 15) is 4.79 Å². The van der Waals surface area contributed by atoms with E-state index in [0.29, 0.717) is 11.6 Å². The summed E-state index contributed by atoms with van der Waals surface area (Å²) >= 11 is 0. The summed E-state index contributed by atoms with van der Waals surface area (Å²) in [6.07, 6.45) is 7.00. The van der Waals surface area contributed by atoms with Crippen LogP contribution in [-0.4, -0.2) is 57.1 Å². The number of aromatic nitrogens is 4. The molecule has 0 aromatic carbocycles. The predicted molar refractivity (Wildman–Crippen MR) is 83.0 cm³/mol. The lowest BCUT2D eigenvalue weighted by atomic mass is 10.0. The molecule has 0 bridgehead atoms. The maximum Gasteiger partial charge on any atom is 0.324 e. The minimum Gasteiger partial charge on any atom is -0.338 e. The van der Waals surface area contributed by atoms with Gasteiger partial charge in [0.1, 0.15) is 6.33 Å². The molecule has 0 N–H and O–H groups in total. The Morgan fingerprint density at radius 2 is 2.04 bits per heavy atom. The van der Waals surface area contributed by atoms with E-state index in [1.807, 2.05) is 14.0 Å². The van der Waals surface area contributed by atoms with Gasteiger partial charge < -0.3 is 14.3 Å². The van der Waals surface area contributed by atoms with Gasteiger partial charge in [0.05, 0.1) is 5.56 Å². The van der Waals surface area contributed by atoms with Crippen molar-refractivity contribution in [3.63, 3.8) is 0 Å². The minimum absolute atomic E-state index is 0.0462. The number of hydrogen-bond acceptors (Lipinski definition) is 7. The Bertz CT molecular complexity index is 651. The lowest BCUT2D eigenvalue weighted by Crippen LogP contribution is -2.45. The SMILES string of the molecule is CCc1noc(N2CCC(N(C)C(=O)c3cncnc3)CC2)n1. The van der Waals surface area contributed by atoms with Gasteiger partial charge in [-0.3, -0.25) is 4.79 Å². The normalized spacial score (nSPS) is 15.7. The van der Waals surface area contributed by atoms with Crippen LogP contribution < -0.4 is 4.90 Å². The molecular weight excluding hydrogens is 296 g/mol. The summed E-state index contributed by atoms with van der Waals surface area (Å²) in [6, 6.07) is 0.762. The zero-order valence-corrected chi connectivity index (χ0v) is 13.3. The molecule has 0 saturated carbocycles. The van der Waals surface area contributed by atoms with Gasteiger partial charge in [-0.25, -0.2) is 9.97 Å². The van der Waals surface area contributed by atoms with Crippen molar-refractivity contribution < 1.29 is 9.32 Å². The van der Waals surface area contributed by atoms with Crippen LogP contribution in [0.5, 0.6) is 0 Å². The van der Waals surface area contributed by atoms with Crippen LogP contribution >= 0.6 is 0 Å². The van der Waals surface area contributed by atoms with Crippen LogP contribution in [0.25, 0.3) is 0 Å². The van der Waals surface area contributed by atoms with E-state index in [4.69, 9.17) is 4.52 Å². The topological polar surface area (TPSA) is 88.3 Å². The summed E-state index contributed by atoms with van der Waals surface area (Å²) in [4.78, 5) is 28.4. The molecule has 2 aromatic heterocycles. The molecule has 0 spiro atoms. The molecule has 122 valence electrons. The standard InChI is InChI=1S/C15H20N6O2/c1-3-13-18-15(23-19-13)21-6-4-12(5-7-21)20(2)14(22)11-8-16-10-17-9-11/h8-10,12H,3-7H2,1-2H3. The van der Waals surface area contributed by atoms with E-state index in [1.54, 1.807) is 17.3 Å². The van der Waals surface area contributed by atoms with Gasteiger partial charge in [0, 0.05) is 45.0 Å². The molecule has 0 radical (unpaired) electrons. The van der Waals surface area contributed by atoms with E-state index in [2.05, 4.69) is 25.0 Å². The van der Waals surface area contributed by atoms with Gasteiger partial charge in [-0.05, 0) is 12.8 Å². The zero-order valence-electron chi connectivity index (χ0n) is 13.3. The van der Waals surface area contributed by atoms with Crippen molar-refractivity contribution in [2.24, 2.45) is 0 Å². The van der Waals surface area contributed by atoms with Gasteiger partial charge in [-0.2, -0.15) is 4.98 Å². The first kappa shape index (κ1) is 15.4. The molecule has 8 heteroatoms. The van der Waals surface area contributed by atoms with Gasteiger partial charge in [0.25, 0.3) is 5.91 Å². The van der Waals surface area contributed by atoms with E-state index >= 15 is 0 Å². The van der Waals surface area contributed by atoms with Crippen LogP contribution in [0.1, 0.15) is 35.9 Å². The fraction of sp³-hybridized carbons (Fsp3) is 0.533. The smallest absolute Gasteiger partial charge is 0.324 e. The van der Waals surface area contributed by atoms with Crippen molar-refractivity contribution in [1.82, 2.24) is 25.0 Å². The molecule has 2 aromatic rings. The second-order valence-corrected chi connectivity index (χ2v) is 5.61. The van der Waals surface area contributed by atoms with E-state index < -0.39 is 0 Å². The molecule has 1 fully saturated rings. The fourth-order valence-corrected chi connectivity index (χ4v) is 2.74. The second-order valence-electron chi connectivity index (χ2n) is 5.61. The Labute approximate surface area is 134 Å². The van der Waals surface area contributed by atoms with Crippen molar-refractivity contribution in [3.05, 3.63) is 30.1 Å². The van der Waals surface area contributed by atoms with E-state index in [-0.39, 0.29) is 11.9 Å². The van der Waals surface area contributed by atoms with Gasteiger partial charge >= 0.3 is 6.01 Å². The first-order chi connectivity index (χ1) is 11.2. The second kappa shape index (κ2) is 6.72. The van der Waals surface area contributed by atoms with Crippen LogP contribution in [0.4, 0.5) is 6.01 Å². The highest BCUT2D eigenvalue weighted by Crippen LogP contribution is 2.21. The largest absolute Gasteiger partial charge is 0.338 e. The highest BCUT2D eigenvalue weighted by molar-refractivity contribution is 5.93. The van der Waals surface area contributed by atoms with E-state index in [0.717, 1.165) is 38.2 Å². The maximum atomic E-state index is 12.4. The van der Waals surface area contributed by atoms with Crippen molar-refractivity contribution >= 4 is 11.9 Å². The number of anilines is 1. The Morgan fingerprint density at radius 1 is 1.35 bits per heavy atom. The summed E-state index contributed by atoms with van der Waals surface area (Å²) in [5.74, 6) is 0.675. The summed E-state index contributed by atoms with van der Waals surface area (Å²) in [7, 11) is 1.83. The molecule has 0 aliphatic carbocycles. The average Bonchev–Trinajstić information content (AvgIpc) is 3.10. The maximum absolute atomic E-state index is 12.4. The summed E-state index contributed by atoms with van der Waals surface area (Å²) in [5, 5.41) is 3.93. The summed E-state index contributed by atoms with van der Waals surface area (Å²) < 4.78 is 5.28. The first-order valence-corrected chi connectivity index (χ1v) is 7.78. The molecule has 8 nitrogen and oxygen atoms in total. The third kappa shape index (κ3) is 3.30.